The Labute approximate surface area is 79.7 Å². The van der Waals surface area contributed by atoms with E-state index in [1.807, 2.05) is 18.2 Å². The van der Waals surface area contributed by atoms with Crippen molar-refractivity contribution in [1.29, 1.82) is 0 Å². The molecule has 1 aromatic carbocycles. The Balaban J connectivity index is 3.07. The Morgan fingerprint density at radius 1 is 1.50 bits per heavy atom. The fourth-order valence-electron chi connectivity index (χ4n) is 0.724. The maximum atomic E-state index is 5.88. The molecule has 0 N–H and O–H groups in total. The lowest BCUT2D eigenvalue weighted by molar-refractivity contribution is 1.27. The summed E-state index contributed by atoms with van der Waals surface area (Å²) in [6, 6.07) is 5.99. The fourth-order valence-corrected chi connectivity index (χ4v) is 1.67. The summed E-state index contributed by atoms with van der Waals surface area (Å²) in [6.07, 6.45) is 0.760. The molecule has 0 saturated heterocycles. The molecule has 0 amide bonds. The van der Waals surface area contributed by atoms with Gasteiger partial charge in [-0.1, -0.05) is 17.7 Å². The third-order valence-corrected chi connectivity index (χ3v) is 2.31. The summed E-state index contributed by atoms with van der Waals surface area (Å²) in [5, 5.41) is 0.821. The maximum Gasteiger partial charge on any atom is 0.0448 e. The summed E-state index contributed by atoms with van der Waals surface area (Å²) in [5.41, 5.74) is 1.11. The predicted octanol–water partition coefficient (Wildman–Crippen LogP) is 3.32. The van der Waals surface area contributed by atoms with Gasteiger partial charge in [-0.15, -0.1) is 0 Å². The lowest BCUT2D eigenvalue weighted by Gasteiger charge is -1.99. The topological polar surface area (TPSA) is 0 Å². The van der Waals surface area contributed by atoms with Crippen molar-refractivity contribution in [3.05, 3.63) is 39.3 Å². The molecule has 0 fully saturated rings. The molecule has 0 saturated carbocycles. The summed E-state index contributed by atoms with van der Waals surface area (Å²) < 4.78 is 1.17. The van der Waals surface area contributed by atoms with Crippen LogP contribution in [0.2, 0.25) is 5.02 Å². The van der Waals surface area contributed by atoms with Crippen LogP contribution in [0.1, 0.15) is 5.56 Å². The van der Waals surface area contributed by atoms with Crippen LogP contribution in [0.4, 0.5) is 0 Å². The van der Waals surface area contributed by atoms with Gasteiger partial charge in [0.25, 0.3) is 0 Å². The molecule has 0 spiro atoms. The van der Waals surface area contributed by atoms with E-state index in [2.05, 4.69) is 29.5 Å². The lowest BCUT2D eigenvalue weighted by Crippen LogP contribution is -1.81. The molecule has 0 heterocycles. The first-order valence-corrected chi connectivity index (χ1v) is 4.43. The average molecular weight is 266 g/mol. The molecule has 0 aliphatic carbocycles. The number of hydrogen-bond acceptors (Lipinski definition) is 0. The number of halogens is 2. The first kappa shape index (κ1) is 8.34. The number of hydrogen-bond donors (Lipinski definition) is 0. The van der Waals surface area contributed by atoms with E-state index in [1.165, 1.54) is 3.57 Å². The summed E-state index contributed by atoms with van der Waals surface area (Å²) in [4.78, 5) is 0. The Morgan fingerprint density at radius 3 is 2.70 bits per heavy atom. The molecule has 0 aromatic heterocycles. The number of rotatable bonds is 1. The highest BCUT2D eigenvalue weighted by Gasteiger charge is 1.96. The third kappa shape index (κ3) is 1.86. The van der Waals surface area contributed by atoms with Crippen LogP contribution in [-0.2, 0) is 6.42 Å². The second-order valence-corrected chi connectivity index (χ2v) is 3.64. The summed E-state index contributed by atoms with van der Waals surface area (Å²) in [6.45, 7) is 3.76. The van der Waals surface area contributed by atoms with Gasteiger partial charge in [0, 0.05) is 8.59 Å². The molecule has 2 heteroatoms. The van der Waals surface area contributed by atoms with Crippen LogP contribution in [0.15, 0.2) is 18.2 Å². The van der Waals surface area contributed by atoms with Gasteiger partial charge in [-0.2, -0.15) is 0 Å². The van der Waals surface area contributed by atoms with E-state index in [4.69, 9.17) is 11.6 Å². The van der Waals surface area contributed by atoms with E-state index in [-0.39, 0.29) is 0 Å². The molecular weight excluding hydrogens is 258 g/mol. The Kier molecular flexibility index (Phi) is 2.98. The Morgan fingerprint density at radius 2 is 2.20 bits per heavy atom. The zero-order valence-corrected chi connectivity index (χ0v) is 8.32. The summed E-state index contributed by atoms with van der Waals surface area (Å²) in [7, 11) is 0. The normalized spacial score (nSPS) is 9.90. The molecule has 0 nitrogen and oxygen atoms in total. The fraction of sp³-hybridized carbons (Fsp3) is 0.125. The quantitative estimate of drug-likeness (QED) is 0.683. The second-order valence-electron chi connectivity index (χ2n) is 1.99. The molecule has 0 unspecified atom stereocenters. The van der Waals surface area contributed by atoms with Crippen molar-refractivity contribution < 1.29 is 0 Å². The van der Waals surface area contributed by atoms with Gasteiger partial charge in [0.15, 0.2) is 0 Å². The zero-order valence-electron chi connectivity index (χ0n) is 5.40. The molecule has 0 bridgehead atoms. The van der Waals surface area contributed by atoms with Crippen LogP contribution in [0.3, 0.4) is 0 Å². The Bertz CT molecular complexity index is 233. The molecule has 1 radical (unpaired) electrons. The Hall–Kier alpha value is 0.240. The minimum Gasteiger partial charge on any atom is -0.0840 e. The highest BCUT2D eigenvalue weighted by molar-refractivity contribution is 14.1. The van der Waals surface area contributed by atoms with E-state index in [0.717, 1.165) is 17.0 Å². The van der Waals surface area contributed by atoms with Gasteiger partial charge >= 0.3 is 0 Å². The minimum atomic E-state index is 0.760. The molecule has 1 aromatic rings. The maximum absolute atomic E-state index is 5.88. The smallest absolute Gasteiger partial charge is 0.0448 e. The van der Waals surface area contributed by atoms with Crippen molar-refractivity contribution in [2.24, 2.45) is 0 Å². The predicted molar refractivity (Wildman–Crippen MR) is 53.2 cm³/mol. The van der Waals surface area contributed by atoms with Crippen molar-refractivity contribution in [2.45, 2.75) is 6.42 Å². The molecule has 53 valence electrons. The van der Waals surface area contributed by atoms with Gasteiger partial charge in [0.1, 0.15) is 0 Å². The van der Waals surface area contributed by atoms with Crippen molar-refractivity contribution in [1.82, 2.24) is 0 Å². The number of benzene rings is 1. The molecule has 0 aliphatic rings. The molecule has 0 aliphatic heterocycles. The van der Waals surface area contributed by atoms with Crippen LogP contribution in [0, 0.1) is 10.5 Å². The highest BCUT2D eigenvalue weighted by Crippen LogP contribution is 2.18. The van der Waals surface area contributed by atoms with Crippen LogP contribution in [-0.4, -0.2) is 0 Å². The average Bonchev–Trinajstić information content (AvgIpc) is 1.88. The molecule has 0 atom stereocenters. The van der Waals surface area contributed by atoms with Gasteiger partial charge in [-0.3, -0.25) is 0 Å². The van der Waals surface area contributed by atoms with Crippen molar-refractivity contribution in [3.8, 4) is 0 Å². The van der Waals surface area contributed by atoms with E-state index in [1.54, 1.807) is 0 Å². The lowest BCUT2D eigenvalue weighted by atomic mass is 10.2. The van der Waals surface area contributed by atoms with Gasteiger partial charge < -0.3 is 0 Å². The first-order chi connectivity index (χ1) is 4.74. The molecule has 1 rings (SSSR count). The monoisotopic (exact) mass is 265 g/mol. The van der Waals surface area contributed by atoms with Crippen LogP contribution < -0.4 is 0 Å². The van der Waals surface area contributed by atoms with Crippen molar-refractivity contribution in [3.63, 3.8) is 0 Å². The van der Waals surface area contributed by atoms with Gasteiger partial charge in [-0.05, 0) is 53.6 Å². The van der Waals surface area contributed by atoms with E-state index in [9.17, 15) is 0 Å². The third-order valence-electron chi connectivity index (χ3n) is 1.28. The van der Waals surface area contributed by atoms with Crippen LogP contribution in [0.25, 0.3) is 0 Å². The van der Waals surface area contributed by atoms with Crippen LogP contribution >= 0.6 is 34.2 Å². The van der Waals surface area contributed by atoms with E-state index in [0.29, 0.717) is 0 Å². The van der Waals surface area contributed by atoms with Gasteiger partial charge in [0.2, 0.25) is 0 Å². The zero-order chi connectivity index (χ0) is 7.56. The van der Waals surface area contributed by atoms with Crippen LogP contribution in [0.5, 0.6) is 0 Å². The standard InChI is InChI=1S/C8H7ClI/c1-2-6-3-4-7(10)5-8(6)9/h3-5H,1-2H2. The SMILES string of the molecule is [CH2]Cc1ccc(I)cc1Cl. The van der Waals surface area contributed by atoms with Crippen molar-refractivity contribution in [2.75, 3.05) is 0 Å². The first-order valence-electron chi connectivity index (χ1n) is 2.97. The van der Waals surface area contributed by atoms with Crippen molar-refractivity contribution >= 4 is 34.2 Å². The van der Waals surface area contributed by atoms with Gasteiger partial charge in [-0.25, -0.2) is 0 Å². The minimum absolute atomic E-state index is 0.760. The highest BCUT2D eigenvalue weighted by atomic mass is 127. The summed E-state index contributed by atoms with van der Waals surface area (Å²) in [5.74, 6) is 0. The van der Waals surface area contributed by atoms with Gasteiger partial charge in [0.05, 0.1) is 0 Å². The second kappa shape index (κ2) is 3.58. The largest absolute Gasteiger partial charge is 0.0840 e. The van der Waals surface area contributed by atoms with E-state index >= 15 is 0 Å². The molecular formula is C8H7ClI. The summed E-state index contributed by atoms with van der Waals surface area (Å²) >= 11 is 8.12. The van der Waals surface area contributed by atoms with E-state index < -0.39 is 0 Å². The molecule has 10 heavy (non-hydrogen) atoms.